The van der Waals surface area contributed by atoms with Crippen molar-refractivity contribution in [2.45, 2.75) is 26.7 Å². The van der Waals surface area contributed by atoms with Gasteiger partial charge >= 0.3 is 0 Å². The zero-order valence-electron chi connectivity index (χ0n) is 11.3. The van der Waals surface area contributed by atoms with Crippen LogP contribution in [0.5, 0.6) is 0 Å². The smallest absolute Gasteiger partial charge is 0.161 e. The van der Waals surface area contributed by atoms with E-state index in [1.807, 2.05) is 6.08 Å². The lowest BCUT2D eigenvalue weighted by Gasteiger charge is -2.26. The molecule has 1 fully saturated rings. The minimum Gasteiger partial charge on any atom is -0.299 e. The number of likely N-dealkylation sites (tertiary alicyclic amines) is 1. The van der Waals surface area contributed by atoms with E-state index in [9.17, 15) is 4.79 Å². The van der Waals surface area contributed by atoms with Crippen molar-refractivity contribution >= 4 is 11.9 Å². The first-order chi connectivity index (χ1) is 8.72. The van der Waals surface area contributed by atoms with Gasteiger partial charge in [-0.3, -0.25) is 9.69 Å². The zero-order chi connectivity index (χ0) is 13.0. The summed E-state index contributed by atoms with van der Waals surface area (Å²) in [6, 6.07) is 8.47. The Morgan fingerprint density at radius 3 is 2.56 bits per heavy atom. The maximum Gasteiger partial charge on any atom is 0.161 e. The molecule has 1 saturated heterocycles. The number of benzene rings is 1. The van der Waals surface area contributed by atoms with E-state index >= 15 is 0 Å². The molecule has 0 saturated carbocycles. The second-order valence-electron chi connectivity index (χ2n) is 4.81. The molecule has 2 heteroatoms. The number of hydrogen-bond acceptors (Lipinski definition) is 2. The highest BCUT2D eigenvalue weighted by atomic mass is 16.1. The minimum absolute atomic E-state index is 0.305. The summed E-state index contributed by atoms with van der Waals surface area (Å²) in [5.41, 5.74) is 3.42. The van der Waals surface area contributed by atoms with Gasteiger partial charge in [0, 0.05) is 25.1 Å². The van der Waals surface area contributed by atoms with Crippen molar-refractivity contribution in [2.75, 3.05) is 19.6 Å². The van der Waals surface area contributed by atoms with E-state index < -0.39 is 0 Å². The van der Waals surface area contributed by atoms with E-state index in [1.54, 1.807) is 0 Å². The third-order valence-electron chi connectivity index (χ3n) is 3.58. The van der Waals surface area contributed by atoms with Crippen LogP contribution in [0.4, 0.5) is 0 Å². The standard InChI is InChI=1S/C16H21NO/c1-3-13-5-7-14(8-6-13)11-15-12-17(4-2)10-9-16(15)18/h5-8,11H,3-4,9-10,12H2,1-2H3/b15-11+. The summed E-state index contributed by atoms with van der Waals surface area (Å²) < 4.78 is 0. The van der Waals surface area contributed by atoms with Crippen molar-refractivity contribution in [3.63, 3.8) is 0 Å². The molecule has 1 aliphatic rings. The van der Waals surface area contributed by atoms with Crippen LogP contribution < -0.4 is 0 Å². The molecule has 0 aromatic heterocycles. The van der Waals surface area contributed by atoms with E-state index in [0.717, 1.165) is 37.2 Å². The summed E-state index contributed by atoms with van der Waals surface area (Å²) >= 11 is 0. The van der Waals surface area contributed by atoms with Gasteiger partial charge in [0.2, 0.25) is 0 Å². The first kappa shape index (κ1) is 13.0. The van der Waals surface area contributed by atoms with Gasteiger partial charge in [-0.25, -0.2) is 0 Å². The summed E-state index contributed by atoms with van der Waals surface area (Å²) in [7, 11) is 0. The maximum atomic E-state index is 11.9. The fourth-order valence-electron chi connectivity index (χ4n) is 2.28. The molecule has 2 rings (SSSR count). The van der Waals surface area contributed by atoms with E-state index in [2.05, 4.69) is 43.0 Å². The largest absolute Gasteiger partial charge is 0.299 e. The molecule has 0 unspecified atom stereocenters. The van der Waals surface area contributed by atoms with Crippen molar-refractivity contribution in [1.29, 1.82) is 0 Å². The third kappa shape index (κ3) is 3.08. The Bertz CT molecular complexity index is 445. The molecule has 0 atom stereocenters. The molecule has 0 aliphatic carbocycles. The number of carbonyl (C=O) groups excluding carboxylic acids is 1. The number of piperidine rings is 1. The Morgan fingerprint density at radius 1 is 1.22 bits per heavy atom. The van der Waals surface area contributed by atoms with Gasteiger partial charge in [-0.15, -0.1) is 0 Å². The summed E-state index contributed by atoms with van der Waals surface area (Å²) in [5.74, 6) is 0.305. The summed E-state index contributed by atoms with van der Waals surface area (Å²) in [6.07, 6.45) is 3.76. The molecular weight excluding hydrogens is 222 g/mol. The summed E-state index contributed by atoms with van der Waals surface area (Å²) in [6.45, 7) is 7.01. The second kappa shape index (κ2) is 5.96. The molecular formula is C16H21NO. The van der Waals surface area contributed by atoms with Crippen LogP contribution in [0.3, 0.4) is 0 Å². The van der Waals surface area contributed by atoms with E-state index in [4.69, 9.17) is 0 Å². The predicted octanol–water partition coefficient (Wildman–Crippen LogP) is 2.93. The van der Waals surface area contributed by atoms with Gasteiger partial charge in [0.05, 0.1) is 0 Å². The molecule has 1 aromatic rings. The van der Waals surface area contributed by atoms with Crippen molar-refractivity contribution in [3.05, 3.63) is 41.0 Å². The molecule has 1 aliphatic heterocycles. The highest BCUT2D eigenvalue weighted by molar-refractivity contribution is 6.00. The van der Waals surface area contributed by atoms with Crippen LogP contribution in [0, 0.1) is 0 Å². The fourth-order valence-corrected chi connectivity index (χ4v) is 2.28. The first-order valence-electron chi connectivity index (χ1n) is 6.78. The molecule has 1 heterocycles. The number of carbonyl (C=O) groups is 1. The Balaban J connectivity index is 2.16. The SMILES string of the molecule is CCc1ccc(/C=C2\CN(CC)CCC2=O)cc1. The Kier molecular flexibility index (Phi) is 4.32. The van der Waals surface area contributed by atoms with E-state index in [1.165, 1.54) is 5.56 Å². The van der Waals surface area contributed by atoms with Crippen LogP contribution in [0.2, 0.25) is 0 Å². The highest BCUT2D eigenvalue weighted by Crippen LogP contribution is 2.16. The molecule has 2 nitrogen and oxygen atoms in total. The number of ketones is 1. The molecule has 0 amide bonds. The molecule has 0 spiro atoms. The lowest BCUT2D eigenvalue weighted by atomic mass is 10.00. The summed E-state index contributed by atoms with van der Waals surface area (Å²) in [4.78, 5) is 14.2. The average Bonchev–Trinajstić information content (AvgIpc) is 2.42. The summed E-state index contributed by atoms with van der Waals surface area (Å²) in [5, 5.41) is 0. The molecule has 0 bridgehead atoms. The van der Waals surface area contributed by atoms with Gasteiger partial charge in [-0.1, -0.05) is 38.1 Å². The van der Waals surface area contributed by atoms with Crippen LogP contribution in [-0.2, 0) is 11.2 Å². The lowest BCUT2D eigenvalue weighted by Crippen LogP contribution is -2.35. The van der Waals surface area contributed by atoms with Crippen LogP contribution in [0.1, 0.15) is 31.4 Å². The second-order valence-corrected chi connectivity index (χ2v) is 4.81. The predicted molar refractivity (Wildman–Crippen MR) is 75.5 cm³/mol. The van der Waals surface area contributed by atoms with E-state index in [0.29, 0.717) is 12.2 Å². The number of nitrogens with zero attached hydrogens (tertiary/aromatic N) is 1. The molecule has 0 radical (unpaired) electrons. The van der Waals surface area contributed by atoms with Gasteiger partial charge < -0.3 is 0 Å². The van der Waals surface area contributed by atoms with Gasteiger partial charge in [0.1, 0.15) is 0 Å². The van der Waals surface area contributed by atoms with Crippen LogP contribution in [0.15, 0.2) is 29.8 Å². The molecule has 0 N–H and O–H groups in total. The average molecular weight is 243 g/mol. The van der Waals surface area contributed by atoms with Crippen molar-refractivity contribution in [2.24, 2.45) is 0 Å². The monoisotopic (exact) mass is 243 g/mol. The lowest BCUT2D eigenvalue weighted by molar-refractivity contribution is -0.117. The number of Topliss-reactive ketones (excluding diaryl/α,β-unsaturated/α-hetero) is 1. The third-order valence-corrected chi connectivity index (χ3v) is 3.58. The topological polar surface area (TPSA) is 20.3 Å². The van der Waals surface area contributed by atoms with Gasteiger partial charge in [0.25, 0.3) is 0 Å². The quantitative estimate of drug-likeness (QED) is 0.761. The van der Waals surface area contributed by atoms with E-state index in [-0.39, 0.29) is 0 Å². The number of rotatable bonds is 3. The van der Waals surface area contributed by atoms with Crippen molar-refractivity contribution < 1.29 is 4.79 Å². The van der Waals surface area contributed by atoms with Gasteiger partial charge in [0.15, 0.2) is 5.78 Å². The van der Waals surface area contributed by atoms with Crippen LogP contribution >= 0.6 is 0 Å². The fraction of sp³-hybridized carbons (Fsp3) is 0.438. The van der Waals surface area contributed by atoms with Gasteiger partial charge in [-0.05, 0) is 30.2 Å². The Morgan fingerprint density at radius 2 is 1.94 bits per heavy atom. The normalized spacial score (nSPS) is 19.4. The van der Waals surface area contributed by atoms with Crippen molar-refractivity contribution in [1.82, 2.24) is 4.90 Å². The first-order valence-corrected chi connectivity index (χ1v) is 6.78. The highest BCUT2D eigenvalue weighted by Gasteiger charge is 2.19. The van der Waals surface area contributed by atoms with Gasteiger partial charge in [-0.2, -0.15) is 0 Å². The zero-order valence-corrected chi connectivity index (χ0v) is 11.3. The Hall–Kier alpha value is -1.41. The van der Waals surface area contributed by atoms with Crippen LogP contribution in [0.25, 0.3) is 6.08 Å². The van der Waals surface area contributed by atoms with Crippen LogP contribution in [-0.4, -0.2) is 30.3 Å². The molecule has 96 valence electrons. The maximum absolute atomic E-state index is 11.9. The Labute approximate surface area is 109 Å². The van der Waals surface area contributed by atoms with Crippen molar-refractivity contribution in [3.8, 4) is 0 Å². The number of hydrogen-bond donors (Lipinski definition) is 0. The number of aryl methyl sites for hydroxylation is 1. The minimum atomic E-state index is 0.305. The molecule has 1 aromatic carbocycles. The molecule has 18 heavy (non-hydrogen) atoms. The number of likely N-dealkylation sites (N-methyl/N-ethyl adjacent to an activating group) is 1.